The smallest absolute Gasteiger partial charge is 0.314 e. The highest BCUT2D eigenvalue weighted by Crippen LogP contribution is 2.46. The Morgan fingerprint density at radius 2 is 1.81 bits per heavy atom. The monoisotopic (exact) mass is 290 g/mol. The molecule has 0 saturated heterocycles. The Morgan fingerprint density at radius 3 is 2.12 bits per heavy atom. The Labute approximate surface area is 99.4 Å². The first-order chi connectivity index (χ1) is 7.47. The summed E-state index contributed by atoms with van der Waals surface area (Å²) in [6.45, 7) is 0. The molecule has 2 rings (SSSR count). The van der Waals surface area contributed by atoms with Crippen LogP contribution in [-0.4, -0.2) is 11.1 Å². The summed E-state index contributed by atoms with van der Waals surface area (Å²) in [5, 5.41) is 9.11. The van der Waals surface area contributed by atoms with Gasteiger partial charge in [0.2, 0.25) is 0 Å². The number of hydrogen-bond acceptors (Lipinski definition) is 1. The van der Waals surface area contributed by atoms with E-state index in [-0.39, 0.29) is 22.9 Å². The highest BCUT2D eigenvalue weighted by molar-refractivity contribution is 9.10. The van der Waals surface area contributed by atoms with Crippen molar-refractivity contribution in [2.75, 3.05) is 0 Å². The molecule has 1 aromatic rings. The first kappa shape index (κ1) is 11.5. The van der Waals surface area contributed by atoms with E-state index in [1.165, 1.54) is 0 Å². The van der Waals surface area contributed by atoms with Crippen LogP contribution in [0.4, 0.5) is 8.78 Å². The van der Waals surface area contributed by atoms with Crippen molar-refractivity contribution in [3.63, 3.8) is 0 Å². The minimum absolute atomic E-state index is 0.270. The number of hydrogen-bond donors (Lipinski definition) is 1. The lowest BCUT2D eigenvalue weighted by molar-refractivity contribution is -0.147. The number of carboxylic acids is 1. The Bertz CT molecular complexity index is 432. The van der Waals surface area contributed by atoms with Gasteiger partial charge in [-0.05, 0) is 25.0 Å². The van der Waals surface area contributed by atoms with Crippen molar-refractivity contribution < 1.29 is 18.7 Å². The van der Waals surface area contributed by atoms with E-state index in [9.17, 15) is 13.6 Å². The van der Waals surface area contributed by atoms with Gasteiger partial charge in [0, 0.05) is 10.0 Å². The second-order valence-electron chi connectivity index (χ2n) is 3.99. The van der Waals surface area contributed by atoms with E-state index in [2.05, 4.69) is 15.9 Å². The predicted octanol–water partition coefficient (Wildman–Crippen LogP) is 3.23. The zero-order valence-corrected chi connectivity index (χ0v) is 9.85. The van der Waals surface area contributed by atoms with Crippen LogP contribution in [0.2, 0.25) is 0 Å². The van der Waals surface area contributed by atoms with Crippen molar-refractivity contribution in [2.45, 2.75) is 24.7 Å². The summed E-state index contributed by atoms with van der Waals surface area (Å²) in [7, 11) is 0. The zero-order valence-electron chi connectivity index (χ0n) is 8.27. The van der Waals surface area contributed by atoms with Gasteiger partial charge in [-0.2, -0.15) is 0 Å². The van der Waals surface area contributed by atoms with Gasteiger partial charge < -0.3 is 5.11 Å². The van der Waals surface area contributed by atoms with Crippen LogP contribution >= 0.6 is 15.9 Å². The SMILES string of the molecule is O=C(O)C1(c2c(F)cc(Br)cc2F)CCC1. The molecule has 5 heteroatoms. The summed E-state index contributed by atoms with van der Waals surface area (Å²) in [5.41, 5.74) is -1.68. The van der Waals surface area contributed by atoms with Crippen molar-refractivity contribution in [2.24, 2.45) is 0 Å². The van der Waals surface area contributed by atoms with E-state index >= 15 is 0 Å². The topological polar surface area (TPSA) is 37.3 Å². The van der Waals surface area contributed by atoms with Crippen LogP contribution in [0.3, 0.4) is 0 Å². The van der Waals surface area contributed by atoms with E-state index in [0.29, 0.717) is 6.42 Å². The molecule has 1 aliphatic rings. The van der Waals surface area contributed by atoms with Crippen LogP contribution in [0.5, 0.6) is 0 Å². The second kappa shape index (κ2) is 3.80. The lowest BCUT2D eigenvalue weighted by atomic mass is 9.64. The molecule has 1 aliphatic carbocycles. The molecule has 86 valence electrons. The molecule has 0 aliphatic heterocycles. The van der Waals surface area contributed by atoms with Gasteiger partial charge in [-0.25, -0.2) is 8.78 Å². The Balaban J connectivity index is 2.59. The molecule has 0 atom stereocenters. The molecule has 0 radical (unpaired) electrons. The number of halogens is 3. The Hall–Kier alpha value is -0.970. The summed E-state index contributed by atoms with van der Waals surface area (Å²) in [6.07, 6.45) is 1.26. The van der Waals surface area contributed by atoms with Crippen LogP contribution in [0.15, 0.2) is 16.6 Å². The second-order valence-corrected chi connectivity index (χ2v) is 4.90. The molecule has 1 saturated carbocycles. The summed E-state index contributed by atoms with van der Waals surface area (Å²) in [6, 6.07) is 2.20. The van der Waals surface area contributed by atoms with E-state index < -0.39 is 23.0 Å². The maximum absolute atomic E-state index is 13.7. The van der Waals surface area contributed by atoms with Gasteiger partial charge in [0.1, 0.15) is 11.6 Å². The van der Waals surface area contributed by atoms with Crippen molar-refractivity contribution in [1.82, 2.24) is 0 Å². The molecule has 0 amide bonds. The maximum atomic E-state index is 13.7. The third-order valence-electron chi connectivity index (χ3n) is 3.10. The largest absolute Gasteiger partial charge is 0.481 e. The predicted molar refractivity (Wildman–Crippen MR) is 57.2 cm³/mol. The summed E-state index contributed by atoms with van der Waals surface area (Å²) < 4.78 is 27.6. The van der Waals surface area contributed by atoms with E-state index in [4.69, 9.17) is 5.11 Å². The molecule has 0 bridgehead atoms. The number of benzene rings is 1. The number of carbonyl (C=O) groups is 1. The van der Waals surface area contributed by atoms with E-state index in [1.54, 1.807) is 0 Å². The lowest BCUT2D eigenvalue weighted by Crippen LogP contribution is -2.43. The average molecular weight is 291 g/mol. The quantitative estimate of drug-likeness (QED) is 0.908. The van der Waals surface area contributed by atoms with Crippen LogP contribution in [0.1, 0.15) is 24.8 Å². The van der Waals surface area contributed by atoms with Gasteiger partial charge in [-0.15, -0.1) is 0 Å². The fraction of sp³-hybridized carbons (Fsp3) is 0.364. The molecule has 0 heterocycles. The molecule has 2 nitrogen and oxygen atoms in total. The molecule has 0 aromatic heterocycles. The first-order valence-electron chi connectivity index (χ1n) is 4.86. The normalized spacial score (nSPS) is 17.9. The molecule has 1 fully saturated rings. The molecule has 0 unspecified atom stereocenters. The third kappa shape index (κ3) is 1.54. The number of carboxylic acid groups (broad SMARTS) is 1. The van der Waals surface area contributed by atoms with Crippen molar-refractivity contribution in [3.8, 4) is 0 Å². The minimum atomic E-state index is -1.37. The van der Waals surface area contributed by atoms with Crippen LogP contribution in [0.25, 0.3) is 0 Å². The van der Waals surface area contributed by atoms with E-state index in [1.807, 2.05) is 0 Å². The summed E-state index contributed by atoms with van der Waals surface area (Å²) in [4.78, 5) is 11.1. The minimum Gasteiger partial charge on any atom is -0.481 e. The molecular weight excluding hydrogens is 282 g/mol. The van der Waals surface area contributed by atoms with Crippen molar-refractivity contribution in [1.29, 1.82) is 0 Å². The highest BCUT2D eigenvalue weighted by atomic mass is 79.9. The maximum Gasteiger partial charge on any atom is 0.314 e. The average Bonchev–Trinajstić information content (AvgIpc) is 2.06. The van der Waals surface area contributed by atoms with Crippen LogP contribution in [-0.2, 0) is 10.2 Å². The molecule has 1 aromatic carbocycles. The van der Waals surface area contributed by atoms with Crippen molar-refractivity contribution >= 4 is 21.9 Å². The standard InChI is InChI=1S/C11H9BrF2O2/c12-6-4-7(13)9(8(14)5-6)11(10(15)16)2-1-3-11/h4-5H,1-3H2,(H,15,16). The van der Waals surface area contributed by atoms with Crippen molar-refractivity contribution in [3.05, 3.63) is 33.8 Å². The molecule has 16 heavy (non-hydrogen) atoms. The Kier molecular flexibility index (Phi) is 2.74. The van der Waals surface area contributed by atoms with Crippen LogP contribution in [0, 0.1) is 11.6 Å². The number of aliphatic carboxylic acids is 1. The molecule has 0 spiro atoms. The fourth-order valence-corrected chi connectivity index (χ4v) is 2.50. The third-order valence-corrected chi connectivity index (χ3v) is 3.56. The number of rotatable bonds is 2. The van der Waals surface area contributed by atoms with Gasteiger partial charge in [0.05, 0.1) is 5.41 Å². The van der Waals surface area contributed by atoms with Gasteiger partial charge in [-0.1, -0.05) is 22.4 Å². The van der Waals surface area contributed by atoms with Gasteiger partial charge >= 0.3 is 5.97 Å². The Morgan fingerprint density at radius 1 is 1.31 bits per heavy atom. The van der Waals surface area contributed by atoms with Gasteiger partial charge in [0.25, 0.3) is 0 Å². The fourth-order valence-electron chi connectivity index (χ4n) is 2.10. The van der Waals surface area contributed by atoms with Gasteiger partial charge in [0.15, 0.2) is 0 Å². The lowest BCUT2D eigenvalue weighted by Gasteiger charge is -2.38. The summed E-state index contributed by atoms with van der Waals surface area (Å²) in [5.74, 6) is -2.75. The summed E-state index contributed by atoms with van der Waals surface area (Å²) >= 11 is 2.96. The first-order valence-corrected chi connectivity index (χ1v) is 5.65. The van der Waals surface area contributed by atoms with Gasteiger partial charge in [-0.3, -0.25) is 4.79 Å². The van der Waals surface area contributed by atoms with Crippen LogP contribution < -0.4 is 0 Å². The zero-order chi connectivity index (χ0) is 11.9. The van der Waals surface area contributed by atoms with E-state index in [0.717, 1.165) is 12.1 Å². The highest BCUT2D eigenvalue weighted by Gasteiger charge is 2.49. The molecular formula is C11H9BrF2O2. The molecule has 1 N–H and O–H groups in total.